The molecule has 0 aliphatic carbocycles. The van der Waals surface area contributed by atoms with Gasteiger partial charge in [-0.1, -0.05) is 21.6 Å². The first-order valence-corrected chi connectivity index (χ1v) is 6.95. The zero-order chi connectivity index (χ0) is 12.6. The fourth-order valence-corrected chi connectivity index (χ4v) is 2.90. The minimum absolute atomic E-state index is 0.248. The molecule has 0 aromatic heterocycles. The normalized spacial score (nSPS) is 11.8. The summed E-state index contributed by atoms with van der Waals surface area (Å²) in [6, 6.07) is -0.899. The molecule has 0 fully saturated rings. The van der Waals surface area contributed by atoms with Gasteiger partial charge in [-0.05, 0) is 0 Å². The third-order valence-corrected chi connectivity index (χ3v) is 3.84. The van der Waals surface area contributed by atoms with Gasteiger partial charge in [0.15, 0.2) is 0 Å². The highest BCUT2D eigenvalue weighted by Crippen LogP contribution is 2.22. The van der Waals surface area contributed by atoms with Gasteiger partial charge < -0.3 is 16.2 Å². The van der Waals surface area contributed by atoms with Crippen LogP contribution in [0.5, 0.6) is 0 Å². The number of hydrogen-bond donors (Lipinski definition) is 3. The van der Waals surface area contributed by atoms with Crippen LogP contribution in [0.25, 0.3) is 0 Å². The molecule has 16 heavy (non-hydrogen) atoms. The van der Waals surface area contributed by atoms with Crippen molar-refractivity contribution in [3.8, 4) is 0 Å². The number of carboxylic acid groups (broad SMARTS) is 1. The van der Waals surface area contributed by atoms with Gasteiger partial charge in [-0.2, -0.15) is 0 Å². The minimum atomic E-state index is -1.07. The van der Waals surface area contributed by atoms with Gasteiger partial charge in [-0.15, -0.1) is 0 Å². The Kier molecular flexibility index (Phi) is 7.82. The van der Waals surface area contributed by atoms with Gasteiger partial charge in [0.05, 0.1) is 0 Å². The van der Waals surface area contributed by atoms with Crippen LogP contribution in [0.2, 0.25) is 0 Å². The van der Waals surface area contributed by atoms with Gasteiger partial charge in [0, 0.05) is 24.9 Å². The molecule has 0 saturated carbocycles. The number of carbonyl (C=O) groups excluding carboxylic acids is 2. The van der Waals surface area contributed by atoms with Crippen molar-refractivity contribution in [3.05, 3.63) is 0 Å². The summed E-state index contributed by atoms with van der Waals surface area (Å²) in [7, 11) is 2.64. The number of primary amides is 1. The number of aliphatic carboxylic acids is 1. The van der Waals surface area contributed by atoms with Crippen molar-refractivity contribution in [2.45, 2.75) is 19.4 Å². The lowest BCUT2D eigenvalue weighted by molar-refractivity contribution is -0.140. The highest BCUT2D eigenvalue weighted by molar-refractivity contribution is 8.76. The molecule has 0 aromatic carbocycles. The maximum Gasteiger partial charge on any atom is 0.327 e. The van der Waals surface area contributed by atoms with Gasteiger partial charge in [0.2, 0.25) is 11.8 Å². The van der Waals surface area contributed by atoms with Crippen LogP contribution in [0.4, 0.5) is 0 Å². The van der Waals surface area contributed by atoms with Crippen LogP contribution < -0.4 is 11.1 Å². The third-order valence-electron chi connectivity index (χ3n) is 1.43. The Morgan fingerprint density at radius 1 is 1.38 bits per heavy atom. The topological polar surface area (TPSA) is 109 Å². The van der Waals surface area contributed by atoms with E-state index in [4.69, 9.17) is 10.8 Å². The first-order chi connectivity index (χ1) is 7.43. The molecular weight excluding hydrogens is 252 g/mol. The lowest BCUT2D eigenvalue weighted by Crippen LogP contribution is -2.41. The largest absolute Gasteiger partial charge is 0.480 e. The van der Waals surface area contributed by atoms with Crippen LogP contribution in [-0.4, -0.2) is 40.4 Å². The molecule has 0 bridgehead atoms. The summed E-state index contributed by atoms with van der Waals surface area (Å²) >= 11 is 0. The summed E-state index contributed by atoms with van der Waals surface area (Å²) in [6.45, 7) is 1.26. The number of nitrogens with two attached hydrogens (primary N) is 1. The molecule has 8 heteroatoms. The van der Waals surface area contributed by atoms with Gasteiger partial charge in [0.25, 0.3) is 0 Å². The maximum atomic E-state index is 10.7. The molecule has 0 aromatic rings. The van der Waals surface area contributed by atoms with Crippen molar-refractivity contribution < 1.29 is 19.5 Å². The van der Waals surface area contributed by atoms with E-state index in [1.54, 1.807) is 0 Å². The summed E-state index contributed by atoms with van der Waals surface area (Å²) in [6.07, 6.45) is 0.259. The van der Waals surface area contributed by atoms with Gasteiger partial charge in [-0.25, -0.2) is 4.79 Å². The molecule has 0 rings (SSSR count). The third kappa shape index (κ3) is 8.42. The van der Waals surface area contributed by atoms with Crippen LogP contribution in [-0.2, 0) is 14.4 Å². The monoisotopic (exact) mass is 266 g/mol. The second-order valence-corrected chi connectivity index (χ2v) is 5.54. The number of nitrogens with one attached hydrogen (secondary N) is 1. The highest BCUT2D eigenvalue weighted by Gasteiger charge is 2.18. The number of amides is 2. The zero-order valence-corrected chi connectivity index (χ0v) is 10.4. The minimum Gasteiger partial charge on any atom is -0.480 e. The Balaban J connectivity index is 3.72. The van der Waals surface area contributed by atoms with Crippen LogP contribution in [0, 0.1) is 0 Å². The van der Waals surface area contributed by atoms with Crippen molar-refractivity contribution >= 4 is 39.4 Å². The molecule has 6 nitrogen and oxygen atoms in total. The predicted octanol–water partition coefficient (Wildman–Crippen LogP) is -0.167. The second kappa shape index (κ2) is 8.28. The van der Waals surface area contributed by atoms with E-state index in [-0.39, 0.29) is 24.0 Å². The van der Waals surface area contributed by atoms with E-state index in [0.717, 1.165) is 0 Å². The molecule has 0 saturated heterocycles. The van der Waals surface area contributed by atoms with Gasteiger partial charge >= 0.3 is 5.97 Å². The molecule has 0 heterocycles. The summed E-state index contributed by atoms with van der Waals surface area (Å²) in [4.78, 5) is 31.8. The Labute approximate surface area is 101 Å². The summed E-state index contributed by atoms with van der Waals surface area (Å²) < 4.78 is 0. The van der Waals surface area contributed by atoms with Crippen molar-refractivity contribution in [2.24, 2.45) is 5.73 Å². The molecule has 0 aliphatic rings. The van der Waals surface area contributed by atoms with E-state index >= 15 is 0 Å². The maximum absolute atomic E-state index is 10.7. The fraction of sp³-hybridized carbons (Fsp3) is 0.625. The number of hydrogen-bond acceptors (Lipinski definition) is 5. The lowest BCUT2D eigenvalue weighted by Gasteiger charge is -2.11. The Morgan fingerprint density at radius 3 is 2.44 bits per heavy atom. The van der Waals surface area contributed by atoms with Crippen molar-refractivity contribution in [1.82, 2.24) is 5.32 Å². The fourth-order valence-electron chi connectivity index (χ4n) is 0.737. The molecule has 2 amide bonds. The molecule has 0 radical (unpaired) electrons. The predicted molar refractivity (Wildman–Crippen MR) is 64.0 cm³/mol. The van der Waals surface area contributed by atoms with E-state index in [0.29, 0.717) is 5.75 Å². The van der Waals surface area contributed by atoms with E-state index in [9.17, 15) is 14.4 Å². The Morgan fingerprint density at radius 2 is 2.00 bits per heavy atom. The quantitative estimate of drug-likeness (QED) is 0.416. The summed E-state index contributed by atoms with van der Waals surface area (Å²) in [5, 5.41) is 11.1. The Bertz CT molecular complexity index is 273. The first kappa shape index (κ1) is 15.1. The molecule has 0 spiro atoms. The molecule has 1 unspecified atom stereocenters. The van der Waals surface area contributed by atoms with Crippen LogP contribution >= 0.6 is 21.6 Å². The van der Waals surface area contributed by atoms with E-state index in [1.165, 1.54) is 28.5 Å². The van der Waals surface area contributed by atoms with Gasteiger partial charge in [0.1, 0.15) is 6.04 Å². The molecule has 1 atom stereocenters. The van der Waals surface area contributed by atoms with E-state index < -0.39 is 12.0 Å². The van der Waals surface area contributed by atoms with Crippen LogP contribution in [0.1, 0.15) is 13.3 Å². The smallest absolute Gasteiger partial charge is 0.327 e. The average Bonchev–Trinajstić information content (AvgIpc) is 2.14. The van der Waals surface area contributed by atoms with Crippen molar-refractivity contribution in [3.63, 3.8) is 0 Å². The molecule has 0 aliphatic heterocycles. The van der Waals surface area contributed by atoms with Crippen molar-refractivity contribution in [2.75, 3.05) is 11.5 Å². The molecule has 92 valence electrons. The number of rotatable bonds is 8. The lowest BCUT2D eigenvalue weighted by atomic mass is 10.3. The average molecular weight is 266 g/mol. The van der Waals surface area contributed by atoms with Gasteiger partial charge in [-0.3, -0.25) is 9.59 Å². The van der Waals surface area contributed by atoms with E-state index in [2.05, 4.69) is 5.32 Å². The van der Waals surface area contributed by atoms with Crippen molar-refractivity contribution in [1.29, 1.82) is 0 Å². The summed E-state index contributed by atoms with van der Waals surface area (Å²) in [5.41, 5.74) is 4.94. The zero-order valence-electron chi connectivity index (χ0n) is 8.76. The van der Waals surface area contributed by atoms with Crippen LogP contribution in [0.15, 0.2) is 0 Å². The molecule has 4 N–H and O–H groups in total. The standard InChI is InChI=1S/C8H14N2O4S2/c1-5(11)10-6(8(13)14)4-16-15-3-2-7(9)12/h6H,2-4H2,1H3,(H2,9,12)(H,10,11)(H,13,14). The SMILES string of the molecule is CC(=O)NC(CSSCCC(N)=O)C(=O)O. The first-order valence-electron chi connectivity index (χ1n) is 4.46. The van der Waals surface area contributed by atoms with Crippen LogP contribution in [0.3, 0.4) is 0 Å². The second-order valence-electron chi connectivity index (χ2n) is 2.91. The number of carboxylic acids is 1. The Hall–Kier alpha value is -0.890. The summed E-state index contributed by atoms with van der Waals surface area (Å²) in [5.74, 6) is -1.05. The van der Waals surface area contributed by atoms with E-state index in [1.807, 2.05) is 0 Å². The number of carbonyl (C=O) groups is 3. The highest BCUT2D eigenvalue weighted by atomic mass is 33.1. The molecular formula is C8H14N2O4S2.